The summed E-state index contributed by atoms with van der Waals surface area (Å²) >= 11 is 0. The molecule has 0 N–H and O–H groups in total. The van der Waals surface area contributed by atoms with Crippen LogP contribution in [-0.2, 0) is 9.47 Å². The minimum Gasteiger partial charge on any atom is -0.360 e. The van der Waals surface area contributed by atoms with Gasteiger partial charge in [-0.05, 0) is 43.1 Å². The van der Waals surface area contributed by atoms with Gasteiger partial charge in [-0.3, -0.25) is 0 Å². The fourth-order valence-electron chi connectivity index (χ4n) is 4.11. The lowest BCUT2D eigenvalue weighted by atomic mass is 9.90. The molecular formula is C23H18O2Si. The molecule has 5 aromatic carbocycles. The van der Waals surface area contributed by atoms with Gasteiger partial charge in [-0.2, -0.15) is 0 Å². The van der Waals surface area contributed by atoms with Gasteiger partial charge in [-0.25, -0.2) is 0 Å². The lowest BCUT2D eigenvalue weighted by molar-refractivity contribution is -0.0429. The second-order valence-electron chi connectivity index (χ2n) is 6.55. The van der Waals surface area contributed by atoms with Crippen LogP contribution in [0.5, 0.6) is 0 Å². The van der Waals surface area contributed by atoms with Crippen LogP contribution >= 0.6 is 0 Å². The van der Waals surface area contributed by atoms with Crippen LogP contribution in [0.15, 0.2) is 66.7 Å². The van der Waals surface area contributed by atoms with Crippen molar-refractivity contribution in [2.75, 3.05) is 14.2 Å². The van der Waals surface area contributed by atoms with E-state index in [0.717, 1.165) is 0 Å². The summed E-state index contributed by atoms with van der Waals surface area (Å²) in [5.41, 5.74) is 0. The molecule has 2 nitrogen and oxygen atoms in total. The van der Waals surface area contributed by atoms with Crippen molar-refractivity contribution in [1.82, 2.24) is 0 Å². The molecule has 5 rings (SSSR count). The molecule has 0 aromatic heterocycles. The highest BCUT2D eigenvalue weighted by Gasteiger charge is 2.16. The molecule has 0 aliphatic rings. The van der Waals surface area contributed by atoms with E-state index in [1.165, 1.54) is 48.3 Å². The molecule has 2 radical (unpaired) electrons. The SMILES string of the molecule is COC(OC)[Si]c1ccc2c3cccc4cccc(c5cccc1c52)c43. The Balaban J connectivity index is 1.94. The summed E-state index contributed by atoms with van der Waals surface area (Å²) in [5, 5.41) is 11.9. The number of fused-ring (bicyclic) bond motifs is 2. The van der Waals surface area contributed by atoms with Gasteiger partial charge in [0.25, 0.3) is 0 Å². The molecule has 0 unspecified atom stereocenters. The van der Waals surface area contributed by atoms with E-state index in [2.05, 4.69) is 66.7 Å². The molecule has 0 heterocycles. The summed E-state index contributed by atoms with van der Waals surface area (Å²) in [7, 11) is 3.84. The van der Waals surface area contributed by atoms with Gasteiger partial charge >= 0.3 is 0 Å². The van der Waals surface area contributed by atoms with E-state index in [9.17, 15) is 0 Å². The Kier molecular flexibility index (Phi) is 3.67. The maximum Gasteiger partial charge on any atom is 0.157 e. The Bertz CT molecular complexity index is 1190. The average molecular weight is 354 g/mol. The van der Waals surface area contributed by atoms with E-state index in [4.69, 9.17) is 9.47 Å². The van der Waals surface area contributed by atoms with Gasteiger partial charge in [0.15, 0.2) is 9.52 Å². The van der Waals surface area contributed by atoms with E-state index < -0.39 is 0 Å². The molecule has 0 amide bonds. The first-order chi connectivity index (χ1) is 12.8. The molecule has 0 saturated heterocycles. The van der Waals surface area contributed by atoms with Crippen LogP contribution in [0.1, 0.15) is 0 Å². The highest BCUT2D eigenvalue weighted by molar-refractivity contribution is 6.59. The molecule has 0 aliphatic heterocycles. The minimum atomic E-state index is -0.202. The van der Waals surface area contributed by atoms with Crippen LogP contribution in [0.25, 0.3) is 43.1 Å². The Morgan fingerprint density at radius 1 is 0.615 bits per heavy atom. The predicted octanol–water partition coefficient (Wildman–Crippen LogP) is 4.64. The molecule has 26 heavy (non-hydrogen) atoms. The minimum absolute atomic E-state index is 0.202. The quantitative estimate of drug-likeness (QED) is 0.203. The first-order valence-electron chi connectivity index (χ1n) is 8.72. The van der Waals surface area contributed by atoms with Gasteiger partial charge < -0.3 is 9.47 Å². The molecule has 126 valence electrons. The maximum absolute atomic E-state index is 5.45. The standard InChI is InChI=1S/C23H18O2Si/c1-24-23(25-2)26-20-13-12-18-16-9-4-7-14-6-3-8-15(21(14)16)17-10-5-11-19(20)22(17)18/h3-13,23H,1-2H3. The summed E-state index contributed by atoms with van der Waals surface area (Å²) in [6, 6.07) is 24.3. The van der Waals surface area contributed by atoms with Crippen LogP contribution in [-0.4, -0.2) is 29.7 Å². The third-order valence-corrected chi connectivity index (χ3v) is 6.68. The first-order valence-corrected chi connectivity index (χ1v) is 9.80. The van der Waals surface area contributed by atoms with Crippen LogP contribution in [0.2, 0.25) is 0 Å². The molecule has 0 atom stereocenters. The Morgan fingerprint density at radius 3 is 1.81 bits per heavy atom. The monoisotopic (exact) mass is 354 g/mol. The van der Waals surface area contributed by atoms with Gasteiger partial charge in [0.1, 0.15) is 5.91 Å². The summed E-state index contributed by atoms with van der Waals surface area (Å²) in [5.74, 6) is -0.202. The second kappa shape index (κ2) is 6.06. The zero-order valence-corrected chi connectivity index (χ0v) is 15.7. The van der Waals surface area contributed by atoms with Crippen molar-refractivity contribution in [2.24, 2.45) is 0 Å². The van der Waals surface area contributed by atoms with Crippen LogP contribution in [0.3, 0.4) is 0 Å². The van der Waals surface area contributed by atoms with Gasteiger partial charge in [0, 0.05) is 14.2 Å². The van der Waals surface area contributed by atoms with Crippen molar-refractivity contribution in [1.29, 1.82) is 0 Å². The van der Waals surface area contributed by atoms with E-state index in [0.29, 0.717) is 9.52 Å². The van der Waals surface area contributed by atoms with Gasteiger partial charge in [0.2, 0.25) is 0 Å². The summed E-state index contributed by atoms with van der Waals surface area (Å²) in [6.45, 7) is 0. The zero-order chi connectivity index (χ0) is 17.7. The topological polar surface area (TPSA) is 18.5 Å². The van der Waals surface area contributed by atoms with Crippen molar-refractivity contribution in [3.63, 3.8) is 0 Å². The summed E-state index contributed by atoms with van der Waals surface area (Å²) in [4.78, 5) is 0. The third kappa shape index (κ3) is 2.18. The van der Waals surface area contributed by atoms with Crippen molar-refractivity contribution in [3.8, 4) is 0 Å². The van der Waals surface area contributed by atoms with E-state index >= 15 is 0 Å². The summed E-state index contributed by atoms with van der Waals surface area (Å²) < 4.78 is 10.9. The molecule has 0 aliphatic carbocycles. The number of methoxy groups -OCH3 is 2. The predicted molar refractivity (Wildman–Crippen MR) is 111 cm³/mol. The van der Waals surface area contributed by atoms with Crippen molar-refractivity contribution < 1.29 is 9.47 Å². The van der Waals surface area contributed by atoms with E-state index in [-0.39, 0.29) is 5.91 Å². The van der Waals surface area contributed by atoms with Crippen molar-refractivity contribution >= 4 is 57.8 Å². The van der Waals surface area contributed by atoms with Gasteiger partial charge in [0.05, 0.1) is 0 Å². The van der Waals surface area contributed by atoms with E-state index in [1.807, 2.05) is 0 Å². The fourth-order valence-corrected chi connectivity index (χ4v) is 5.15. The molecule has 0 bridgehead atoms. The van der Waals surface area contributed by atoms with Crippen LogP contribution in [0.4, 0.5) is 0 Å². The fraction of sp³-hybridized carbons (Fsp3) is 0.130. The van der Waals surface area contributed by atoms with Crippen LogP contribution in [0, 0.1) is 0 Å². The first kappa shape index (κ1) is 15.8. The number of hydrogen-bond acceptors (Lipinski definition) is 2. The number of ether oxygens (including phenoxy) is 2. The molecule has 0 spiro atoms. The Labute approximate surface area is 154 Å². The molecular weight excluding hydrogens is 336 g/mol. The maximum atomic E-state index is 5.45. The van der Waals surface area contributed by atoms with Crippen LogP contribution < -0.4 is 5.19 Å². The van der Waals surface area contributed by atoms with E-state index in [1.54, 1.807) is 14.2 Å². The smallest absolute Gasteiger partial charge is 0.157 e. The lowest BCUT2D eigenvalue weighted by Crippen LogP contribution is -2.31. The largest absolute Gasteiger partial charge is 0.360 e. The third-order valence-electron chi connectivity index (χ3n) is 5.23. The molecule has 0 saturated carbocycles. The number of rotatable bonds is 4. The normalized spacial score (nSPS) is 12.3. The van der Waals surface area contributed by atoms with Gasteiger partial charge in [-0.1, -0.05) is 71.9 Å². The Hall–Kier alpha value is -2.46. The summed E-state index contributed by atoms with van der Waals surface area (Å²) in [6.07, 6.45) is 0. The van der Waals surface area contributed by atoms with Crippen molar-refractivity contribution in [2.45, 2.75) is 5.91 Å². The second-order valence-corrected chi connectivity index (χ2v) is 7.84. The number of benzene rings is 5. The molecule has 3 heteroatoms. The van der Waals surface area contributed by atoms with Crippen molar-refractivity contribution in [3.05, 3.63) is 66.7 Å². The highest BCUT2D eigenvalue weighted by Crippen LogP contribution is 2.39. The van der Waals surface area contributed by atoms with Gasteiger partial charge in [-0.15, -0.1) is 0 Å². The lowest BCUT2D eigenvalue weighted by Gasteiger charge is -2.18. The molecule has 0 fully saturated rings. The average Bonchev–Trinajstić information content (AvgIpc) is 2.70. The molecule has 5 aromatic rings. The zero-order valence-electron chi connectivity index (χ0n) is 14.7. The Morgan fingerprint density at radius 2 is 1.15 bits per heavy atom. The highest BCUT2D eigenvalue weighted by atomic mass is 28.2. The number of hydrogen-bond donors (Lipinski definition) is 0.